The molecule has 278 valence electrons. The number of carboxylic acid groups (broad SMARTS) is 1. The van der Waals surface area contributed by atoms with E-state index in [9.17, 15) is 23.5 Å². The standard InChI is InChI=1S/C40H48F2N4O5S/c1-39(2,27-45-19-22-50-23-20-45)40(38(48)49,16-25-52-3)44-37(47)35-26-32(9-8-30(35)7-4-29-5-12-33(41)13-6-29)36(31-10-14-34(42)15-11-31)51-24-21-46-18-17-43-28-46/h5-6,8-15,17-18,26,28,36H,4,7,16,19-25,27H2,1-3H3,(H,44,47)(H,48,49)/t36?,40-/m1/s1. The molecule has 1 aliphatic rings. The first kappa shape index (κ1) is 39.1. The first-order valence-corrected chi connectivity index (χ1v) is 19.0. The van der Waals surface area contributed by atoms with Gasteiger partial charge in [-0.15, -0.1) is 0 Å². The van der Waals surface area contributed by atoms with Crippen molar-refractivity contribution in [1.29, 1.82) is 0 Å². The largest absolute Gasteiger partial charge is 0.479 e. The first-order valence-electron chi connectivity index (χ1n) is 17.6. The third-order valence-corrected chi connectivity index (χ3v) is 10.5. The molecule has 52 heavy (non-hydrogen) atoms. The number of thioether (sulfide) groups is 1. The summed E-state index contributed by atoms with van der Waals surface area (Å²) in [5, 5.41) is 14.1. The second kappa shape index (κ2) is 18.1. The number of nitrogens with one attached hydrogen (secondary N) is 1. The minimum atomic E-state index is -1.60. The van der Waals surface area contributed by atoms with E-state index in [0.717, 1.165) is 5.56 Å². The molecule has 1 saturated heterocycles. The van der Waals surface area contributed by atoms with E-state index in [1.165, 1.54) is 36.0 Å². The molecule has 1 unspecified atom stereocenters. The fourth-order valence-electron chi connectivity index (χ4n) is 6.82. The lowest BCUT2D eigenvalue weighted by atomic mass is 9.69. The van der Waals surface area contributed by atoms with Crippen LogP contribution in [0.25, 0.3) is 0 Å². The number of imidazole rings is 1. The quantitative estimate of drug-likeness (QED) is 0.121. The third kappa shape index (κ3) is 9.86. The molecule has 2 atom stereocenters. The van der Waals surface area contributed by atoms with E-state index in [-0.39, 0.29) is 18.1 Å². The van der Waals surface area contributed by atoms with E-state index in [1.54, 1.807) is 42.9 Å². The van der Waals surface area contributed by atoms with Crippen LogP contribution >= 0.6 is 11.8 Å². The van der Waals surface area contributed by atoms with Crippen LogP contribution in [0.1, 0.15) is 59.0 Å². The van der Waals surface area contributed by atoms with Crippen LogP contribution in [0.4, 0.5) is 8.78 Å². The van der Waals surface area contributed by atoms with Crippen molar-refractivity contribution in [2.75, 3.05) is 51.5 Å². The number of aliphatic carboxylic acids is 1. The molecule has 2 N–H and O–H groups in total. The van der Waals surface area contributed by atoms with E-state index in [0.29, 0.717) is 86.8 Å². The molecule has 0 bridgehead atoms. The van der Waals surface area contributed by atoms with Gasteiger partial charge in [0.1, 0.15) is 23.3 Å². The Kier molecular flexibility index (Phi) is 13.6. The van der Waals surface area contributed by atoms with E-state index in [2.05, 4.69) is 15.2 Å². The predicted molar refractivity (Wildman–Crippen MR) is 199 cm³/mol. The van der Waals surface area contributed by atoms with Gasteiger partial charge in [0.25, 0.3) is 5.91 Å². The van der Waals surface area contributed by atoms with Crippen molar-refractivity contribution in [3.63, 3.8) is 0 Å². The summed E-state index contributed by atoms with van der Waals surface area (Å²) in [6.07, 6.45) is 7.67. The highest BCUT2D eigenvalue weighted by Gasteiger charge is 2.53. The molecule has 5 rings (SSSR count). The monoisotopic (exact) mass is 734 g/mol. The van der Waals surface area contributed by atoms with Crippen molar-refractivity contribution in [1.82, 2.24) is 19.8 Å². The van der Waals surface area contributed by atoms with E-state index >= 15 is 0 Å². The molecule has 9 nitrogen and oxygen atoms in total. The number of aryl methyl sites for hydroxylation is 2. The van der Waals surface area contributed by atoms with Gasteiger partial charge in [-0.2, -0.15) is 11.8 Å². The lowest BCUT2D eigenvalue weighted by Gasteiger charge is -2.47. The van der Waals surface area contributed by atoms with Crippen molar-refractivity contribution in [2.24, 2.45) is 5.41 Å². The number of morpholine rings is 1. The van der Waals surface area contributed by atoms with Gasteiger partial charge in [0.05, 0.1) is 26.1 Å². The summed E-state index contributed by atoms with van der Waals surface area (Å²) < 4.78 is 41.6. The van der Waals surface area contributed by atoms with Crippen LogP contribution in [0.2, 0.25) is 0 Å². The summed E-state index contributed by atoms with van der Waals surface area (Å²) in [5.41, 5.74) is 0.803. The number of rotatable bonds is 18. The second-order valence-electron chi connectivity index (χ2n) is 13.8. The van der Waals surface area contributed by atoms with Crippen molar-refractivity contribution in [3.05, 3.63) is 125 Å². The van der Waals surface area contributed by atoms with Crippen LogP contribution in [0.5, 0.6) is 0 Å². The second-order valence-corrected chi connectivity index (χ2v) is 14.8. The van der Waals surface area contributed by atoms with Gasteiger partial charge in [-0.25, -0.2) is 18.6 Å². The minimum absolute atomic E-state index is 0.215. The number of hydrogen-bond donors (Lipinski definition) is 2. The molecule has 0 saturated carbocycles. The molecule has 0 aliphatic carbocycles. The maximum absolute atomic E-state index is 14.7. The summed E-state index contributed by atoms with van der Waals surface area (Å²) in [4.78, 5) is 34.4. The van der Waals surface area contributed by atoms with Gasteiger partial charge in [-0.05, 0) is 83.9 Å². The smallest absolute Gasteiger partial charge is 0.330 e. The Balaban J connectivity index is 1.53. The van der Waals surface area contributed by atoms with Gasteiger partial charge >= 0.3 is 5.97 Å². The van der Waals surface area contributed by atoms with Crippen LogP contribution in [0.15, 0.2) is 85.5 Å². The van der Waals surface area contributed by atoms with Crippen LogP contribution in [-0.4, -0.2) is 88.4 Å². The Morgan fingerprint density at radius 3 is 2.31 bits per heavy atom. The van der Waals surface area contributed by atoms with Crippen LogP contribution in [0, 0.1) is 17.0 Å². The van der Waals surface area contributed by atoms with Crippen molar-refractivity contribution >= 4 is 23.6 Å². The predicted octanol–water partition coefficient (Wildman–Crippen LogP) is 6.42. The number of aromatic nitrogens is 2. The average molecular weight is 735 g/mol. The van der Waals surface area contributed by atoms with Gasteiger partial charge in [0.15, 0.2) is 0 Å². The van der Waals surface area contributed by atoms with Gasteiger partial charge in [-0.3, -0.25) is 9.69 Å². The highest BCUT2D eigenvalue weighted by Crippen LogP contribution is 2.38. The molecule has 12 heteroatoms. The molecule has 3 aromatic carbocycles. The number of carboxylic acids is 1. The Morgan fingerprint density at radius 2 is 1.67 bits per heavy atom. The summed E-state index contributed by atoms with van der Waals surface area (Å²) in [6, 6.07) is 17.8. The van der Waals surface area contributed by atoms with E-state index < -0.39 is 28.9 Å². The van der Waals surface area contributed by atoms with Gasteiger partial charge in [0, 0.05) is 49.6 Å². The molecule has 1 amide bonds. The molecule has 4 aromatic rings. The molecule has 2 heterocycles. The summed E-state index contributed by atoms with van der Waals surface area (Å²) >= 11 is 1.53. The highest BCUT2D eigenvalue weighted by atomic mass is 32.2. The summed E-state index contributed by atoms with van der Waals surface area (Å²) in [6.45, 7) is 7.58. The maximum atomic E-state index is 14.7. The summed E-state index contributed by atoms with van der Waals surface area (Å²) in [5.74, 6) is -1.79. The zero-order valence-electron chi connectivity index (χ0n) is 30.0. The van der Waals surface area contributed by atoms with Gasteiger partial charge < -0.3 is 24.5 Å². The summed E-state index contributed by atoms with van der Waals surface area (Å²) in [7, 11) is 0. The molecule has 1 fully saturated rings. The molecular weight excluding hydrogens is 687 g/mol. The average Bonchev–Trinajstić information content (AvgIpc) is 3.66. The molecule has 1 aromatic heterocycles. The lowest BCUT2D eigenvalue weighted by Crippen LogP contribution is -2.66. The molecular formula is C40H48F2N4O5S. The van der Waals surface area contributed by atoms with Gasteiger partial charge in [-0.1, -0.05) is 50.2 Å². The number of carbonyl (C=O) groups is 2. The minimum Gasteiger partial charge on any atom is -0.479 e. The fraction of sp³-hybridized carbons (Fsp3) is 0.425. The van der Waals surface area contributed by atoms with Crippen molar-refractivity contribution < 1.29 is 33.0 Å². The normalized spacial score (nSPS) is 15.6. The number of carbonyl (C=O) groups excluding carboxylic acids is 1. The number of halogens is 2. The number of benzene rings is 3. The first-order chi connectivity index (χ1) is 25.0. The molecule has 0 radical (unpaired) electrons. The Morgan fingerprint density at radius 1 is 1.00 bits per heavy atom. The number of nitrogens with zero attached hydrogens (tertiary/aromatic N) is 3. The zero-order chi connectivity index (χ0) is 37.1. The van der Waals surface area contributed by atoms with Crippen LogP contribution < -0.4 is 5.32 Å². The van der Waals surface area contributed by atoms with E-state index in [4.69, 9.17) is 9.47 Å². The molecule has 0 spiro atoms. The fourth-order valence-corrected chi connectivity index (χ4v) is 7.33. The van der Waals surface area contributed by atoms with E-state index in [1.807, 2.05) is 43.0 Å². The highest BCUT2D eigenvalue weighted by molar-refractivity contribution is 7.98. The van der Waals surface area contributed by atoms with Crippen molar-refractivity contribution in [3.8, 4) is 0 Å². The van der Waals surface area contributed by atoms with Crippen LogP contribution in [-0.2, 0) is 33.7 Å². The Labute approximate surface area is 308 Å². The SMILES string of the molecule is CSCC[C@@](NC(=O)c1cc(C(OCCn2ccnc2)c2ccc(F)cc2)ccc1CCc1ccc(F)cc1)(C(=O)O)C(C)(C)CN1CCOCC1. The maximum Gasteiger partial charge on any atom is 0.330 e. The third-order valence-electron chi connectivity index (χ3n) is 9.89. The number of ether oxygens (including phenoxy) is 2. The molecule has 1 aliphatic heterocycles. The number of hydrogen-bond acceptors (Lipinski definition) is 7. The Bertz CT molecular complexity index is 1750. The Hall–Kier alpha value is -4.10. The zero-order valence-corrected chi connectivity index (χ0v) is 30.8. The van der Waals surface area contributed by atoms with Gasteiger partial charge in [0.2, 0.25) is 0 Å². The topological polar surface area (TPSA) is 106 Å². The number of amides is 1. The lowest BCUT2D eigenvalue weighted by molar-refractivity contribution is -0.151. The van der Waals surface area contributed by atoms with Crippen molar-refractivity contribution in [2.45, 2.75) is 51.3 Å². The van der Waals surface area contributed by atoms with Crippen LogP contribution in [0.3, 0.4) is 0 Å².